The van der Waals surface area contributed by atoms with Crippen LogP contribution in [0.15, 0.2) is 65.5 Å². The van der Waals surface area contributed by atoms with Gasteiger partial charge in [0.05, 0.1) is 12.5 Å². The lowest BCUT2D eigenvalue weighted by Gasteiger charge is -2.17. The van der Waals surface area contributed by atoms with Crippen LogP contribution in [0.3, 0.4) is 0 Å². The molecule has 1 heterocycles. The molecule has 2 N–H and O–H groups in total. The van der Waals surface area contributed by atoms with E-state index < -0.39 is 0 Å². The third-order valence-electron chi connectivity index (χ3n) is 5.27. The van der Waals surface area contributed by atoms with Crippen LogP contribution in [0.5, 0.6) is 11.5 Å². The molecule has 25 heavy (non-hydrogen) atoms. The molecule has 0 saturated heterocycles. The molecule has 0 spiro atoms. The van der Waals surface area contributed by atoms with Crippen molar-refractivity contribution < 1.29 is 14.6 Å². The molecule has 0 amide bonds. The van der Waals surface area contributed by atoms with Gasteiger partial charge in [-0.1, -0.05) is 24.3 Å². The minimum atomic E-state index is -0.0480. The molecular weight excluding hydrogens is 312 g/mol. The van der Waals surface area contributed by atoms with Crippen LogP contribution in [-0.4, -0.2) is 10.2 Å². The Morgan fingerprint density at radius 1 is 0.560 bits per heavy atom. The van der Waals surface area contributed by atoms with E-state index in [4.69, 9.17) is 4.42 Å². The molecule has 118 valence electrons. The summed E-state index contributed by atoms with van der Waals surface area (Å²) < 4.78 is 5.31. The summed E-state index contributed by atoms with van der Waals surface area (Å²) in [4.78, 5) is 0. The fourth-order valence-electron chi connectivity index (χ4n) is 4.12. The minimum absolute atomic E-state index is 0.0480. The maximum Gasteiger partial charge on any atom is 0.166 e. The van der Waals surface area contributed by atoms with Gasteiger partial charge < -0.3 is 14.6 Å². The number of fused-ring (bicyclic) bond motifs is 3. The van der Waals surface area contributed by atoms with Crippen molar-refractivity contribution in [1.82, 2.24) is 0 Å². The van der Waals surface area contributed by atoms with E-state index in [9.17, 15) is 10.2 Å². The lowest BCUT2D eigenvalue weighted by atomic mass is 9.88. The normalized spacial score (nSPS) is 12.3. The van der Waals surface area contributed by atoms with Crippen LogP contribution in [-0.2, 0) is 0 Å². The van der Waals surface area contributed by atoms with E-state index in [0.29, 0.717) is 10.8 Å². The minimum Gasteiger partial charge on any atom is -0.504 e. The SMILES string of the molecule is Oc1c(O)c2c3cc4ccccc4cc3c1c1cc3cocc3cc12. The van der Waals surface area contributed by atoms with Gasteiger partial charge in [0.25, 0.3) is 0 Å². The highest BCUT2D eigenvalue weighted by atomic mass is 16.3. The Bertz CT molecular complexity index is 1350. The van der Waals surface area contributed by atoms with E-state index >= 15 is 0 Å². The van der Waals surface area contributed by atoms with Crippen LogP contribution in [0, 0.1) is 0 Å². The number of rotatable bonds is 0. The third-order valence-corrected chi connectivity index (χ3v) is 5.27. The number of phenols is 4. The molecule has 3 heteroatoms. The van der Waals surface area contributed by atoms with E-state index in [1.54, 1.807) is 12.5 Å². The molecule has 0 aliphatic rings. The molecule has 2 bridgehead atoms. The zero-order valence-electron chi connectivity index (χ0n) is 13.1. The van der Waals surface area contributed by atoms with E-state index in [2.05, 4.69) is 24.3 Å². The van der Waals surface area contributed by atoms with Crippen molar-refractivity contribution in [3.8, 4) is 11.5 Å². The molecule has 0 fully saturated rings. The molecule has 0 aliphatic carbocycles. The fourth-order valence-corrected chi connectivity index (χ4v) is 4.12. The van der Waals surface area contributed by atoms with Crippen LogP contribution in [0.4, 0.5) is 0 Å². The van der Waals surface area contributed by atoms with Crippen molar-refractivity contribution in [2.24, 2.45) is 0 Å². The van der Waals surface area contributed by atoms with Crippen molar-refractivity contribution in [1.29, 1.82) is 0 Å². The van der Waals surface area contributed by atoms with Crippen LogP contribution in [0.25, 0.3) is 53.9 Å². The summed E-state index contributed by atoms with van der Waals surface area (Å²) in [7, 11) is 0. The Balaban J connectivity index is 1.99. The Morgan fingerprint density at radius 2 is 0.960 bits per heavy atom. The highest BCUT2D eigenvalue weighted by Crippen LogP contribution is 2.51. The van der Waals surface area contributed by atoms with Crippen LogP contribution >= 0.6 is 0 Å². The van der Waals surface area contributed by atoms with E-state index in [1.807, 2.05) is 24.3 Å². The number of hydrogen-bond donors (Lipinski definition) is 2. The van der Waals surface area contributed by atoms with Gasteiger partial charge in [-0.2, -0.15) is 0 Å². The zero-order chi connectivity index (χ0) is 16.7. The van der Waals surface area contributed by atoms with Crippen molar-refractivity contribution >= 4 is 53.9 Å². The van der Waals surface area contributed by atoms with Gasteiger partial charge in [-0.25, -0.2) is 0 Å². The molecule has 7 rings (SSSR count). The quantitative estimate of drug-likeness (QED) is 0.270. The summed E-state index contributed by atoms with van der Waals surface area (Å²) in [6, 6.07) is 16.3. The molecule has 0 saturated carbocycles. The summed E-state index contributed by atoms with van der Waals surface area (Å²) in [5.41, 5.74) is 0. The van der Waals surface area contributed by atoms with Crippen molar-refractivity contribution in [2.75, 3.05) is 0 Å². The standard InChI is InChI=1S/C22H12O3/c23-21-19-15-5-11-3-1-2-4-12(11)6-16(15)20(22(21)24)18-8-14-10-25-9-13(14)7-17(18)19/h1-10,23-24H. The van der Waals surface area contributed by atoms with Gasteiger partial charge in [0.15, 0.2) is 11.5 Å². The highest BCUT2D eigenvalue weighted by molar-refractivity contribution is 6.34. The summed E-state index contributed by atoms with van der Waals surface area (Å²) in [5, 5.41) is 30.5. The Hall–Kier alpha value is -3.46. The van der Waals surface area contributed by atoms with Crippen molar-refractivity contribution in [3.63, 3.8) is 0 Å². The monoisotopic (exact) mass is 324 g/mol. The molecule has 0 atom stereocenters. The summed E-state index contributed by atoms with van der Waals surface area (Å²) in [6.07, 6.45) is 3.40. The number of hydrogen-bond acceptors (Lipinski definition) is 3. The summed E-state index contributed by atoms with van der Waals surface area (Å²) >= 11 is 0. The lowest BCUT2D eigenvalue weighted by Crippen LogP contribution is -1.89. The lowest BCUT2D eigenvalue weighted by molar-refractivity contribution is 0.412. The predicted octanol–water partition coefficient (Wildman–Crippen LogP) is 5.89. The first kappa shape index (κ1) is 12.9. The van der Waals surface area contributed by atoms with E-state index in [0.717, 1.165) is 43.1 Å². The molecule has 6 aromatic carbocycles. The molecule has 0 aliphatic heterocycles. The molecule has 0 radical (unpaired) electrons. The second kappa shape index (κ2) is 4.14. The second-order valence-electron chi connectivity index (χ2n) is 6.59. The topological polar surface area (TPSA) is 53.6 Å². The fraction of sp³-hybridized carbons (Fsp3) is 0. The van der Waals surface area contributed by atoms with E-state index in [1.165, 1.54) is 0 Å². The number of furan rings is 1. The van der Waals surface area contributed by atoms with Gasteiger partial charge in [-0.15, -0.1) is 0 Å². The zero-order valence-corrected chi connectivity index (χ0v) is 13.1. The van der Waals surface area contributed by atoms with Crippen molar-refractivity contribution in [2.45, 2.75) is 0 Å². The Labute approximate surface area is 141 Å². The van der Waals surface area contributed by atoms with Gasteiger partial charge in [0.2, 0.25) is 0 Å². The first-order valence-corrected chi connectivity index (χ1v) is 8.13. The summed E-state index contributed by atoms with van der Waals surface area (Å²) in [6.45, 7) is 0. The van der Waals surface area contributed by atoms with Gasteiger partial charge >= 0.3 is 0 Å². The molecule has 1 aromatic heterocycles. The predicted molar refractivity (Wildman–Crippen MR) is 101 cm³/mol. The Morgan fingerprint density at radius 3 is 1.40 bits per heavy atom. The van der Waals surface area contributed by atoms with Gasteiger partial charge in [-0.05, 0) is 56.6 Å². The summed E-state index contributed by atoms with van der Waals surface area (Å²) in [5.74, 6) is -0.0961. The van der Waals surface area contributed by atoms with Gasteiger partial charge in [-0.3, -0.25) is 0 Å². The second-order valence-corrected chi connectivity index (χ2v) is 6.59. The number of benzene rings is 6. The highest BCUT2D eigenvalue weighted by Gasteiger charge is 2.22. The smallest absolute Gasteiger partial charge is 0.166 e. The first-order valence-electron chi connectivity index (χ1n) is 8.13. The van der Waals surface area contributed by atoms with Crippen LogP contribution in [0.2, 0.25) is 0 Å². The van der Waals surface area contributed by atoms with Crippen LogP contribution in [0.1, 0.15) is 0 Å². The molecule has 3 nitrogen and oxygen atoms in total. The molecule has 7 aromatic rings. The number of aromatic hydroxyl groups is 2. The average Bonchev–Trinajstić information content (AvgIpc) is 3.08. The largest absolute Gasteiger partial charge is 0.504 e. The third kappa shape index (κ3) is 1.46. The first-order chi connectivity index (χ1) is 12.2. The molecular formula is C22H12O3. The molecule has 0 unspecified atom stereocenters. The van der Waals surface area contributed by atoms with E-state index in [-0.39, 0.29) is 11.5 Å². The number of phenolic OH excluding ortho intramolecular Hbond substituents is 2. The Kier molecular flexibility index (Phi) is 2.13. The maximum absolute atomic E-state index is 10.6. The average molecular weight is 324 g/mol. The van der Waals surface area contributed by atoms with Crippen LogP contribution < -0.4 is 0 Å². The van der Waals surface area contributed by atoms with Gasteiger partial charge in [0.1, 0.15) is 0 Å². The van der Waals surface area contributed by atoms with Crippen molar-refractivity contribution in [3.05, 3.63) is 61.1 Å². The maximum atomic E-state index is 10.6. The van der Waals surface area contributed by atoms with Gasteiger partial charge in [0, 0.05) is 21.5 Å².